The van der Waals surface area contributed by atoms with Gasteiger partial charge in [0.15, 0.2) is 0 Å². The van der Waals surface area contributed by atoms with Crippen LogP contribution in [0.15, 0.2) is 0 Å². The van der Waals surface area contributed by atoms with E-state index in [1.54, 1.807) is 27.9 Å². The Kier molecular flexibility index (Phi) is 4.95. The lowest BCUT2D eigenvalue weighted by Gasteiger charge is -2.23. The fourth-order valence-corrected chi connectivity index (χ4v) is 0.992. The molecular weight excluding hydrogens is 168 g/mol. The quantitative estimate of drug-likeness (QED) is 0.643. The van der Waals surface area contributed by atoms with E-state index >= 15 is 0 Å². The first-order chi connectivity index (χ1) is 5.86. The van der Waals surface area contributed by atoms with Gasteiger partial charge in [-0.15, -0.1) is 0 Å². The molecule has 0 aliphatic carbocycles. The van der Waals surface area contributed by atoms with Crippen LogP contribution in [-0.2, 0) is 4.79 Å². The number of carbonyl (C=O) groups is 1. The number of likely N-dealkylation sites (N-methyl/N-ethyl adjacent to an activating group) is 1. The van der Waals surface area contributed by atoms with E-state index in [1.165, 1.54) is 4.90 Å². The number of nitrogens with zero attached hydrogens (tertiary/aromatic N) is 1. The Hall–Kier alpha value is -0.610. The molecule has 0 spiro atoms. The van der Waals surface area contributed by atoms with E-state index in [1.807, 2.05) is 6.92 Å². The molecule has 0 heterocycles. The second-order valence-electron chi connectivity index (χ2n) is 3.65. The van der Waals surface area contributed by atoms with Crippen molar-refractivity contribution < 1.29 is 9.90 Å². The Morgan fingerprint density at radius 1 is 1.31 bits per heavy atom. The van der Waals surface area contributed by atoms with E-state index in [2.05, 4.69) is 5.32 Å². The van der Waals surface area contributed by atoms with Crippen LogP contribution >= 0.6 is 0 Å². The molecule has 0 radical (unpaired) electrons. The van der Waals surface area contributed by atoms with Crippen LogP contribution in [0.5, 0.6) is 0 Å². The van der Waals surface area contributed by atoms with Crippen molar-refractivity contribution in [3.8, 4) is 0 Å². The van der Waals surface area contributed by atoms with Gasteiger partial charge in [0.2, 0.25) is 5.91 Å². The molecule has 0 aliphatic rings. The van der Waals surface area contributed by atoms with Crippen molar-refractivity contribution in [2.24, 2.45) is 0 Å². The molecule has 0 aromatic carbocycles. The summed E-state index contributed by atoms with van der Waals surface area (Å²) in [5.74, 6) is 0.0208. The smallest absolute Gasteiger partial charge is 0.238 e. The number of carbonyl (C=O) groups excluding carboxylic acids is 1. The van der Waals surface area contributed by atoms with E-state index in [0.29, 0.717) is 0 Å². The van der Waals surface area contributed by atoms with Crippen LogP contribution in [-0.4, -0.2) is 48.2 Å². The molecule has 78 valence electrons. The van der Waals surface area contributed by atoms with Crippen molar-refractivity contribution in [1.29, 1.82) is 0 Å². The summed E-state index contributed by atoms with van der Waals surface area (Å²) in [6.07, 6.45) is -0.447. The van der Waals surface area contributed by atoms with Gasteiger partial charge >= 0.3 is 0 Å². The Labute approximate surface area is 79.9 Å². The Bertz CT molecular complexity index is 169. The SMILES string of the molecule is CC(NC(C)C(C)O)C(=O)N(C)C. The molecular formula is C9H20N2O2. The molecule has 1 amide bonds. The van der Waals surface area contributed by atoms with E-state index < -0.39 is 6.10 Å². The Morgan fingerprint density at radius 2 is 1.77 bits per heavy atom. The van der Waals surface area contributed by atoms with Gasteiger partial charge in [-0.2, -0.15) is 0 Å². The zero-order chi connectivity index (χ0) is 10.6. The van der Waals surface area contributed by atoms with Crippen LogP contribution in [0, 0.1) is 0 Å². The average molecular weight is 188 g/mol. The molecule has 0 bridgehead atoms. The van der Waals surface area contributed by atoms with Gasteiger partial charge in [-0.3, -0.25) is 4.79 Å². The lowest BCUT2D eigenvalue weighted by atomic mass is 10.2. The van der Waals surface area contributed by atoms with Crippen LogP contribution in [0.1, 0.15) is 20.8 Å². The topological polar surface area (TPSA) is 52.6 Å². The summed E-state index contributed by atoms with van der Waals surface area (Å²) in [5, 5.41) is 12.2. The molecule has 4 nitrogen and oxygen atoms in total. The number of nitrogens with one attached hydrogen (secondary N) is 1. The number of aliphatic hydroxyl groups is 1. The van der Waals surface area contributed by atoms with Crippen molar-refractivity contribution in [3.63, 3.8) is 0 Å². The highest BCUT2D eigenvalue weighted by atomic mass is 16.3. The third kappa shape index (κ3) is 4.24. The zero-order valence-electron chi connectivity index (χ0n) is 9.03. The summed E-state index contributed by atoms with van der Waals surface area (Å²) in [6, 6.07) is -0.321. The maximum absolute atomic E-state index is 11.4. The highest BCUT2D eigenvalue weighted by Crippen LogP contribution is 1.95. The molecule has 0 saturated carbocycles. The molecule has 0 aromatic heterocycles. The van der Waals surface area contributed by atoms with Crippen molar-refractivity contribution in [2.45, 2.75) is 39.0 Å². The van der Waals surface area contributed by atoms with Crippen molar-refractivity contribution in [1.82, 2.24) is 10.2 Å². The van der Waals surface area contributed by atoms with Gasteiger partial charge in [-0.25, -0.2) is 0 Å². The molecule has 2 N–H and O–H groups in total. The van der Waals surface area contributed by atoms with Gasteiger partial charge in [-0.1, -0.05) is 0 Å². The second-order valence-corrected chi connectivity index (χ2v) is 3.65. The number of hydrogen-bond donors (Lipinski definition) is 2. The van der Waals surface area contributed by atoms with Crippen LogP contribution in [0.4, 0.5) is 0 Å². The first kappa shape index (κ1) is 12.4. The number of hydrogen-bond acceptors (Lipinski definition) is 3. The highest BCUT2D eigenvalue weighted by molar-refractivity contribution is 5.80. The fourth-order valence-electron chi connectivity index (χ4n) is 0.992. The normalized spacial score (nSPS) is 17.7. The minimum absolute atomic E-state index is 0.0208. The lowest BCUT2D eigenvalue weighted by molar-refractivity contribution is -0.130. The van der Waals surface area contributed by atoms with Crippen molar-refractivity contribution in [2.75, 3.05) is 14.1 Å². The summed E-state index contributed by atoms with van der Waals surface area (Å²) in [4.78, 5) is 12.9. The van der Waals surface area contributed by atoms with Crippen LogP contribution in [0.2, 0.25) is 0 Å². The van der Waals surface area contributed by atoms with Gasteiger partial charge in [0.25, 0.3) is 0 Å². The monoisotopic (exact) mass is 188 g/mol. The first-order valence-electron chi connectivity index (χ1n) is 4.51. The maximum atomic E-state index is 11.4. The second kappa shape index (κ2) is 5.19. The van der Waals surface area contributed by atoms with E-state index in [0.717, 1.165) is 0 Å². The Morgan fingerprint density at radius 3 is 2.08 bits per heavy atom. The molecule has 0 rings (SSSR count). The molecule has 4 heteroatoms. The van der Waals surface area contributed by atoms with Gasteiger partial charge in [0.1, 0.15) is 0 Å². The Balaban J connectivity index is 4.00. The summed E-state index contributed by atoms with van der Waals surface area (Å²) in [7, 11) is 3.43. The van der Waals surface area contributed by atoms with Crippen LogP contribution in [0.25, 0.3) is 0 Å². The van der Waals surface area contributed by atoms with Gasteiger partial charge in [-0.05, 0) is 20.8 Å². The van der Waals surface area contributed by atoms with E-state index in [9.17, 15) is 9.90 Å². The minimum Gasteiger partial charge on any atom is -0.392 e. The largest absolute Gasteiger partial charge is 0.392 e. The third-order valence-corrected chi connectivity index (χ3v) is 2.05. The summed E-state index contributed by atoms with van der Waals surface area (Å²) >= 11 is 0. The minimum atomic E-state index is -0.447. The predicted molar refractivity (Wildman–Crippen MR) is 52.4 cm³/mol. The zero-order valence-corrected chi connectivity index (χ0v) is 9.03. The van der Waals surface area contributed by atoms with Gasteiger partial charge < -0.3 is 15.3 Å². The fraction of sp³-hybridized carbons (Fsp3) is 0.889. The number of amides is 1. The molecule has 0 saturated heterocycles. The predicted octanol–water partition coefficient (Wildman–Crippen LogP) is -0.178. The van der Waals surface area contributed by atoms with E-state index in [4.69, 9.17) is 0 Å². The summed E-state index contributed by atoms with van der Waals surface area (Å²) in [6.45, 7) is 5.34. The number of rotatable bonds is 4. The van der Waals surface area contributed by atoms with E-state index in [-0.39, 0.29) is 18.0 Å². The third-order valence-electron chi connectivity index (χ3n) is 2.05. The number of aliphatic hydroxyl groups excluding tert-OH is 1. The highest BCUT2D eigenvalue weighted by Gasteiger charge is 2.18. The van der Waals surface area contributed by atoms with Crippen molar-refractivity contribution in [3.05, 3.63) is 0 Å². The van der Waals surface area contributed by atoms with Crippen LogP contribution in [0.3, 0.4) is 0 Å². The molecule has 0 aliphatic heterocycles. The molecule has 3 atom stereocenters. The molecule has 0 aromatic rings. The lowest BCUT2D eigenvalue weighted by Crippen LogP contribution is -2.48. The van der Waals surface area contributed by atoms with Gasteiger partial charge in [0, 0.05) is 20.1 Å². The molecule has 13 heavy (non-hydrogen) atoms. The van der Waals surface area contributed by atoms with Crippen molar-refractivity contribution >= 4 is 5.91 Å². The summed E-state index contributed by atoms with van der Waals surface area (Å²) in [5.41, 5.74) is 0. The van der Waals surface area contributed by atoms with Gasteiger partial charge in [0.05, 0.1) is 12.1 Å². The standard InChI is InChI=1S/C9H20N2O2/c1-6(8(3)12)10-7(2)9(13)11(4)5/h6-8,10,12H,1-5H3. The molecule has 0 fully saturated rings. The van der Waals surface area contributed by atoms with Crippen LogP contribution < -0.4 is 5.32 Å². The average Bonchev–Trinajstić information content (AvgIpc) is 2.02. The summed E-state index contributed by atoms with van der Waals surface area (Å²) < 4.78 is 0. The maximum Gasteiger partial charge on any atom is 0.238 e. The molecule has 3 unspecified atom stereocenters. The first-order valence-corrected chi connectivity index (χ1v) is 4.51.